The van der Waals surface area contributed by atoms with E-state index in [0.29, 0.717) is 0 Å². The van der Waals surface area contributed by atoms with Crippen LogP contribution in [0.1, 0.15) is 29.6 Å². The fourth-order valence-electron chi connectivity index (χ4n) is 1.50. The number of aliphatic carboxylic acids is 2. The molecular weight excluding hydrogens is 304 g/mol. The molecule has 1 heterocycles. The van der Waals surface area contributed by atoms with Gasteiger partial charge in [-0.3, -0.25) is 19.7 Å². The highest BCUT2D eigenvalue weighted by molar-refractivity contribution is 7.13. The van der Waals surface area contributed by atoms with E-state index in [-0.39, 0.29) is 29.8 Å². The minimum atomic E-state index is -1.29. The normalized spacial score (nSPS) is 11.6. The van der Waals surface area contributed by atoms with Crippen molar-refractivity contribution in [3.63, 3.8) is 0 Å². The van der Waals surface area contributed by atoms with E-state index in [9.17, 15) is 24.5 Å². The Morgan fingerprint density at radius 3 is 2.52 bits per heavy atom. The topological polar surface area (TPSA) is 147 Å². The Morgan fingerprint density at radius 2 is 2.05 bits per heavy atom. The van der Waals surface area contributed by atoms with Crippen molar-refractivity contribution in [1.82, 2.24) is 5.32 Å². The number of hydrogen-bond donors (Lipinski definition) is 3. The van der Waals surface area contributed by atoms with Crippen LogP contribution in [0.25, 0.3) is 0 Å². The van der Waals surface area contributed by atoms with Gasteiger partial charge in [0.15, 0.2) is 0 Å². The van der Waals surface area contributed by atoms with Crippen LogP contribution in [-0.2, 0) is 9.59 Å². The van der Waals surface area contributed by atoms with Gasteiger partial charge < -0.3 is 15.5 Å². The van der Waals surface area contributed by atoms with Gasteiger partial charge in [0.2, 0.25) is 0 Å². The highest BCUT2D eigenvalue weighted by Crippen LogP contribution is 2.22. The van der Waals surface area contributed by atoms with Gasteiger partial charge in [-0.05, 0) is 12.8 Å². The largest absolute Gasteiger partial charge is 0.481 e. The summed E-state index contributed by atoms with van der Waals surface area (Å²) in [6.45, 7) is 0. The van der Waals surface area contributed by atoms with E-state index >= 15 is 0 Å². The van der Waals surface area contributed by atoms with E-state index in [1.165, 1.54) is 5.38 Å². The standard InChI is InChI=1S/C11H12N2O7S/c14-9(15)3-1-2-7(11(17)18)12-10(16)6-4-8(13(19)20)21-5-6/h4-5,7H,1-3H2,(H,12,16)(H,14,15)(H,17,18)/t7-/m1/s1. The molecule has 0 aliphatic rings. The Morgan fingerprint density at radius 1 is 1.38 bits per heavy atom. The van der Waals surface area contributed by atoms with Crippen LogP contribution in [0.15, 0.2) is 11.4 Å². The monoisotopic (exact) mass is 316 g/mol. The molecule has 0 aliphatic heterocycles. The maximum Gasteiger partial charge on any atom is 0.326 e. The van der Waals surface area contributed by atoms with Gasteiger partial charge in [0.1, 0.15) is 6.04 Å². The number of rotatable bonds is 8. The number of carbonyl (C=O) groups is 3. The SMILES string of the molecule is O=C(O)CCC[C@@H](NC(=O)c1csc([N+](=O)[O-])c1)C(=O)O. The van der Waals surface area contributed by atoms with E-state index in [2.05, 4.69) is 5.32 Å². The molecule has 0 spiro atoms. The van der Waals surface area contributed by atoms with Gasteiger partial charge in [0.05, 0.1) is 10.5 Å². The summed E-state index contributed by atoms with van der Waals surface area (Å²) in [5.41, 5.74) is -0.00353. The Balaban J connectivity index is 2.65. The lowest BCUT2D eigenvalue weighted by atomic mass is 10.1. The fraction of sp³-hybridized carbons (Fsp3) is 0.364. The van der Waals surface area contributed by atoms with Crippen LogP contribution in [0.5, 0.6) is 0 Å². The van der Waals surface area contributed by atoms with Crippen LogP contribution in [0.3, 0.4) is 0 Å². The summed E-state index contributed by atoms with van der Waals surface area (Å²) in [6.07, 6.45) is -0.153. The van der Waals surface area contributed by atoms with Crippen molar-refractivity contribution >= 4 is 34.2 Å². The van der Waals surface area contributed by atoms with E-state index in [0.717, 1.165) is 17.4 Å². The Kier molecular flexibility index (Phi) is 5.79. The quantitative estimate of drug-likeness (QED) is 0.480. The third-order valence-corrected chi connectivity index (χ3v) is 3.39. The third kappa shape index (κ3) is 5.18. The minimum Gasteiger partial charge on any atom is -0.481 e. The van der Waals surface area contributed by atoms with Gasteiger partial charge in [-0.2, -0.15) is 0 Å². The molecule has 0 bridgehead atoms. The Labute approximate surface area is 122 Å². The summed E-state index contributed by atoms with van der Waals surface area (Å²) in [5.74, 6) is -3.10. The molecule has 1 amide bonds. The van der Waals surface area contributed by atoms with E-state index in [1.807, 2.05) is 0 Å². The molecule has 0 radical (unpaired) electrons. The molecule has 1 aromatic heterocycles. The number of nitrogens with zero attached hydrogens (tertiary/aromatic N) is 1. The molecule has 0 aliphatic carbocycles. The van der Waals surface area contributed by atoms with Crippen molar-refractivity contribution in [3.8, 4) is 0 Å². The van der Waals surface area contributed by atoms with Crippen molar-refractivity contribution in [3.05, 3.63) is 27.1 Å². The molecule has 1 atom stereocenters. The summed E-state index contributed by atoms with van der Waals surface area (Å²) < 4.78 is 0. The van der Waals surface area contributed by atoms with Crippen LogP contribution in [-0.4, -0.2) is 39.0 Å². The number of carbonyl (C=O) groups excluding carboxylic acids is 1. The van der Waals surface area contributed by atoms with E-state index in [1.54, 1.807) is 0 Å². The zero-order chi connectivity index (χ0) is 16.0. The molecule has 3 N–H and O–H groups in total. The number of thiophene rings is 1. The first-order chi connectivity index (χ1) is 9.81. The highest BCUT2D eigenvalue weighted by atomic mass is 32.1. The fourth-order valence-corrected chi connectivity index (χ4v) is 2.20. The molecule has 10 heteroatoms. The van der Waals surface area contributed by atoms with Gasteiger partial charge in [-0.25, -0.2) is 4.79 Å². The Hall–Kier alpha value is -2.49. The maximum atomic E-state index is 11.8. The van der Waals surface area contributed by atoms with Crippen LogP contribution in [0, 0.1) is 10.1 Å². The van der Waals surface area contributed by atoms with Crippen molar-refractivity contribution in [2.24, 2.45) is 0 Å². The second kappa shape index (κ2) is 7.33. The molecule has 114 valence electrons. The molecule has 1 rings (SSSR count). The third-order valence-electron chi connectivity index (χ3n) is 2.51. The van der Waals surface area contributed by atoms with E-state index < -0.39 is 28.8 Å². The number of nitrogens with one attached hydrogen (secondary N) is 1. The second-order valence-electron chi connectivity index (χ2n) is 4.08. The van der Waals surface area contributed by atoms with Crippen LogP contribution in [0.2, 0.25) is 0 Å². The number of carboxylic acid groups (broad SMARTS) is 2. The number of carboxylic acids is 2. The molecular formula is C11H12N2O7S. The number of hydrogen-bond acceptors (Lipinski definition) is 6. The van der Waals surface area contributed by atoms with Gasteiger partial charge in [0, 0.05) is 17.9 Å². The number of nitro groups is 1. The van der Waals surface area contributed by atoms with Crippen molar-refractivity contribution in [1.29, 1.82) is 0 Å². The van der Waals surface area contributed by atoms with Crippen molar-refractivity contribution in [2.75, 3.05) is 0 Å². The highest BCUT2D eigenvalue weighted by Gasteiger charge is 2.22. The molecule has 0 unspecified atom stereocenters. The lowest BCUT2D eigenvalue weighted by molar-refractivity contribution is -0.380. The van der Waals surface area contributed by atoms with Crippen molar-refractivity contribution < 1.29 is 29.5 Å². The van der Waals surface area contributed by atoms with Gasteiger partial charge in [-0.1, -0.05) is 11.3 Å². The number of amides is 1. The second-order valence-corrected chi connectivity index (χ2v) is 4.97. The molecule has 0 saturated carbocycles. The molecule has 0 fully saturated rings. The molecule has 0 saturated heterocycles. The first-order valence-corrected chi connectivity index (χ1v) is 6.67. The molecule has 0 aromatic carbocycles. The lowest BCUT2D eigenvalue weighted by Crippen LogP contribution is -2.40. The summed E-state index contributed by atoms with van der Waals surface area (Å²) >= 11 is 0.758. The van der Waals surface area contributed by atoms with Crippen molar-refractivity contribution in [2.45, 2.75) is 25.3 Å². The average Bonchev–Trinajstić information content (AvgIpc) is 2.86. The zero-order valence-corrected chi connectivity index (χ0v) is 11.5. The Bertz CT molecular complexity index is 569. The van der Waals surface area contributed by atoms with E-state index in [4.69, 9.17) is 10.2 Å². The predicted molar refractivity (Wildman–Crippen MR) is 71.4 cm³/mol. The van der Waals surface area contributed by atoms with Gasteiger partial charge in [0.25, 0.3) is 5.91 Å². The van der Waals surface area contributed by atoms with Gasteiger partial charge >= 0.3 is 16.9 Å². The summed E-state index contributed by atoms with van der Waals surface area (Å²) in [4.78, 5) is 43.0. The van der Waals surface area contributed by atoms with Crippen LogP contribution >= 0.6 is 11.3 Å². The first kappa shape index (κ1) is 16.6. The summed E-state index contributed by atoms with van der Waals surface area (Å²) in [7, 11) is 0. The first-order valence-electron chi connectivity index (χ1n) is 5.79. The summed E-state index contributed by atoms with van der Waals surface area (Å²) in [5, 5.41) is 31.2. The predicted octanol–water partition coefficient (Wildman–Crippen LogP) is 1.09. The lowest BCUT2D eigenvalue weighted by Gasteiger charge is -2.13. The van der Waals surface area contributed by atoms with Crippen LogP contribution in [0.4, 0.5) is 5.00 Å². The van der Waals surface area contributed by atoms with Crippen LogP contribution < -0.4 is 5.32 Å². The smallest absolute Gasteiger partial charge is 0.326 e. The zero-order valence-electron chi connectivity index (χ0n) is 10.6. The minimum absolute atomic E-state index is 0.00353. The summed E-state index contributed by atoms with van der Waals surface area (Å²) in [6, 6.07) is -0.188. The average molecular weight is 316 g/mol. The molecule has 21 heavy (non-hydrogen) atoms. The van der Waals surface area contributed by atoms with Gasteiger partial charge in [-0.15, -0.1) is 0 Å². The molecule has 1 aromatic rings. The maximum absolute atomic E-state index is 11.8. The molecule has 9 nitrogen and oxygen atoms in total.